The van der Waals surface area contributed by atoms with Crippen molar-refractivity contribution in [2.75, 3.05) is 0 Å². The van der Waals surface area contributed by atoms with Gasteiger partial charge in [0.25, 0.3) is 0 Å². The largest absolute Gasteiger partial charge is 0.352 e. The molecule has 3 heterocycles. The van der Waals surface area contributed by atoms with Gasteiger partial charge in [0.1, 0.15) is 0 Å². The first-order chi connectivity index (χ1) is 10.8. The second-order valence-electron chi connectivity index (χ2n) is 6.48. The molecule has 1 saturated carbocycles. The Morgan fingerprint density at radius 2 is 2.23 bits per heavy atom. The second kappa shape index (κ2) is 5.54. The van der Waals surface area contributed by atoms with Gasteiger partial charge in [-0.05, 0) is 36.8 Å². The Morgan fingerprint density at radius 3 is 3.00 bits per heavy atom. The molecule has 1 aliphatic carbocycles. The minimum absolute atomic E-state index is 0.241. The van der Waals surface area contributed by atoms with Crippen LogP contribution in [0.1, 0.15) is 42.7 Å². The Hall–Kier alpha value is -1.62. The molecule has 2 aromatic rings. The molecule has 2 aliphatic rings. The summed E-state index contributed by atoms with van der Waals surface area (Å²) in [5.41, 5.74) is 0.958. The van der Waals surface area contributed by atoms with Crippen LogP contribution < -0.4 is 5.32 Å². The first-order valence-corrected chi connectivity index (χ1v) is 9.01. The molecule has 0 spiro atoms. The quantitative estimate of drug-likeness (QED) is 0.946. The number of carbonyl (C=O) groups excluding carboxylic acids is 1. The third kappa shape index (κ3) is 2.28. The lowest BCUT2D eigenvalue weighted by Gasteiger charge is -2.31. The highest BCUT2D eigenvalue weighted by Gasteiger charge is 2.44. The summed E-state index contributed by atoms with van der Waals surface area (Å²) < 4.78 is 2.05. The normalized spacial score (nSPS) is 23.2. The maximum Gasteiger partial charge on any atom is 0.231 e. The lowest BCUT2D eigenvalue weighted by molar-refractivity contribution is -0.127. The Bertz CT molecular complexity index is 655. The molecular formula is C17H21N3OS. The highest BCUT2D eigenvalue weighted by Crippen LogP contribution is 2.43. The summed E-state index contributed by atoms with van der Waals surface area (Å²) in [6.45, 7) is 0.902. The van der Waals surface area contributed by atoms with E-state index in [4.69, 9.17) is 0 Å². The van der Waals surface area contributed by atoms with Crippen LogP contribution >= 0.6 is 11.3 Å². The predicted octanol–water partition coefficient (Wildman–Crippen LogP) is 2.89. The number of nitrogens with one attached hydrogen (secondary N) is 1. The number of rotatable bonds is 3. The summed E-state index contributed by atoms with van der Waals surface area (Å²) in [7, 11) is 0. The SMILES string of the molecule is O=C(N[C@@H]1CCn2nccc2C1)C1(c2cccs2)CCCC1. The molecule has 0 bridgehead atoms. The molecule has 0 aromatic carbocycles. The standard InChI is InChI=1S/C17H21N3OS/c21-16(17(7-1-2-8-17)15-4-3-11-22-15)19-13-6-10-20-14(12-13)5-9-18-20/h3-5,9,11,13H,1-2,6-8,10,12H2,(H,19,21)/t13-/m1/s1. The van der Waals surface area contributed by atoms with E-state index < -0.39 is 0 Å². The second-order valence-corrected chi connectivity index (χ2v) is 7.42. The van der Waals surface area contributed by atoms with Crippen molar-refractivity contribution in [2.24, 2.45) is 0 Å². The number of fused-ring (bicyclic) bond motifs is 1. The highest BCUT2D eigenvalue weighted by atomic mass is 32.1. The van der Waals surface area contributed by atoms with Crippen molar-refractivity contribution in [2.45, 2.75) is 56.5 Å². The smallest absolute Gasteiger partial charge is 0.231 e. The zero-order chi connectivity index (χ0) is 15.0. The van der Waals surface area contributed by atoms with E-state index in [2.05, 4.69) is 34.0 Å². The van der Waals surface area contributed by atoms with Crippen molar-refractivity contribution in [3.63, 3.8) is 0 Å². The third-order valence-electron chi connectivity index (χ3n) is 5.17. The van der Waals surface area contributed by atoms with E-state index in [0.29, 0.717) is 0 Å². The minimum atomic E-state index is -0.272. The van der Waals surface area contributed by atoms with Gasteiger partial charge in [0, 0.05) is 35.8 Å². The van der Waals surface area contributed by atoms with Crippen molar-refractivity contribution in [3.8, 4) is 0 Å². The van der Waals surface area contributed by atoms with Gasteiger partial charge in [-0.25, -0.2) is 0 Å². The van der Waals surface area contributed by atoms with Gasteiger partial charge >= 0.3 is 0 Å². The molecule has 4 nitrogen and oxygen atoms in total. The highest BCUT2D eigenvalue weighted by molar-refractivity contribution is 7.10. The predicted molar refractivity (Wildman–Crippen MR) is 86.9 cm³/mol. The van der Waals surface area contributed by atoms with Crippen LogP contribution in [-0.4, -0.2) is 21.7 Å². The van der Waals surface area contributed by atoms with E-state index in [0.717, 1.165) is 45.1 Å². The number of hydrogen-bond acceptors (Lipinski definition) is 3. The molecule has 22 heavy (non-hydrogen) atoms. The van der Waals surface area contributed by atoms with Crippen molar-refractivity contribution in [1.82, 2.24) is 15.1 Å². The van der Waals surface area contributed by atoms with Gasteiger partial charge in [0.15, 0.2) is 0 Å². The van der Waals surface area contributed by atoms with Crippen LogP contribution in [0, 0.1) is 0 Å². The molecule has 2 aromatic heterocycles. The fourth-order valence-corrected chi connectivity index (χ4v) is 4.91. The molecule has 4 rings (SSSR count). The van der Waals surface area contributed by atoms with Gasteiger partial charge in [0.05, 0.1) is 5.41 Å². The van der Waals surface area contributed by atoms with Crippen molar-refractivity contribution < 1.29 is 4.79 Å². The number of aromatic nitrogens is 2. The van der Waals surface area contributed by atoms with Crippen molar-refractivity contribution in [3.05, 3.63) is 40.3 Å². The molecule has 0 radical (unpaired) electrons. The monoisotopic (exact) mass is 315 g/mol. The minimum Gasteiger partial charge on any atom is -0.352 e. The van der Waals surface area contributed by atoms with Gasteiger partial charge < -0.3 is 5.32 Å². The summed E-state index contributed by atoms with van der Waals surface area (Å²) in [6, 6.07) is 6.50. The van der Waals surface area contributed by atoms with Crippen LogP contribution in [0.2, 0.25) is 0 Å². The number of aryl methyl sites for hydroxylation is 1. The Morgan fingerprint density at radius 1 is 1.36 bits per heavy atom. The Kier molecular flexibility index (Phi) is 3.53. The molecule has 1 aliphatic heterocycles. The fraction of sp³-hybridized carbons (Fsp3) is 0.529. The van der Waals surface area contributed by atoms with Crippen LogP contribution in [0.15, 0.2) is 29.8 Å². The molecular weight excluding hydrogens is 294 g/mol. The van der Waals surface area contributed by atoms with Crippen LogP contribution in [0.25, 0.3) is 0 Å². The van der Waals surface area contributed by atoms with Gasteiger partial charge in [-0.3, -0.25) is 9.48 Å². The van der Waals surface area contributed by atoms with Gasteiger partial charge in [-0.15, -0.1) is 11.3 Å². The average Bonchev–Trinajstić information content (AvgIpc) is 3.27. The summed E-state index contributed by atoms with van der Waals surface area (Å²) in [5.74, 6) is 0.241. The van der Waals surface area contributed by atoms with Gasteiger partial charge in [-0.1, -0.05) is 18.9 Å². The average molecular weight is 315 g/mol. The molecule has 116 valence electrons. The molecule has 1 fully saturated rings. The number of thiophene rings is 1. The van der Waals surface area contributed by atoms with E-state index in [1.807, 2.05) is 10.9 Å². The molecule has 0 unspecified atom stereocenters. The van der Waals surface area contributed by atoms with Crippen LogP contribution in [0.4, 0.5) is 0 Å². The van der Waals surface area contributed by atoms with Gasteiger partial charge in [0.2, 0.25) is 5.91 Å². The summed E-state index contributed by atoms with van der Waals surface area (Å²) in [5, 5.41) is 9.74. The summed E-state index contributed by atoms with van der Waals surface area (Å²) in [6.07, 6.45) is 8.01. The molecule has 0 saturated heterocycles. The lowest BCUT2D eigenvalue weighted by Crippen LogP contribution is -2.48. The van der Waals surface area contributed by atoms with Crippen molar-refractivity contribution >= 4 is 17.2 Å². The molecule has 1 amide bonds. The fourth-order valence-electron chi connectivity index (χ4n) is 3.93. The zero-order valence-electron chi connectivity index (χ0n) is 12.6. The van der Waals surface area contributed by atoms with E-state index in [1.54, 1.807) is 11.3 Å². The Labute approximate surface area is 134 Å². The van der Waals surface area contributed by atoms with Crippen LogP contribution in [-0.2, 0) is 23.2 Å². The van der Waals surface area contributed by atoms with E-state index in [9.17, 15) is 4.79 Å². The summed E-state index contributed by atoms with van der Waals surface area (Å²) in [4.78, 5) is 14.3. The zero-order valence-corrected chi connectivity index (χ0v) is 13.4. The van der Waals surface area contributed by atoms with Gasteiger partial charge in [-0.2, -0.15) is 5.10 Å². The molecule has 1 N–H and O–H groups in total. The van der Waals surface area contributed by atoms with E-state index in [1.165, 1.54) is 10.6 Å². The third-order valence-corrected chi connectivity index (χ3v) is 6.24. The number of amides is 1. The first-order valence-electron chi connectivity index (χ1n) is 8.14. The summed E-state index contributed by atoms with van der Waals surface area (Å²) >= 11 is 1.72. The first kappa shape index (κ1) is 14.0. The van der Waals surface area contributed by atoms with E-state index in [-0.39, 0.29) is 17.4 Å². The van der Waals surface area contributed by atoms with Crippen LogP contribution in [0.5, 0.6) is 0 Å². The number of nitrogens with zero attached hydrogens (tertiary/aromatic N) is 2. The molecule has 1 atom stereocenters. The lowest BCUT2D eigenvalue weighted by atomic mass is 9.83. The van der Waals surface area contributed by atoms with Crippen LogP contribution in [0.3, 0.4) is 0 Å². The molecule has 5 heteroatoms. The van der Waals surface area contributed by atoms with E-state index >= 15 is 0 Å². The van der Waals surface area contributed by atoms with Crippen molar-refractivity contribution in [1.29, 1.82) is 0 Å². The number of hydrogen-bond donors (Lipinski definition) is 1. The maximum atomic E-state index is 13.1. The maximum absolute atomic E-state index is 13.1. The number of carbonyl (C=O) groups is 1. The Balaban J connectivity index is 1.52. The topological polar surface area (TPSA) is 46.9 Å².